The molecule has 0 saturated heterocycles. The molecule has 3 nitrogen and oxygen atoms in total. The van der Waals surface area contributed by atoms with Crippen LogP contribution in [0.2, 0.25) is 5.02 Å². The molecular weight excluding hydrogens is 200 g/mol. The van der Waals surface area contributed by atoms with Crippen molar-refractivity contribution in [3.63, 3.8) is 0 Å². The van der Waals surface area contributed by atoms with Crippen LogP contribution in [0.25, 0.3) is 10.9 Å². The number of aromatic hydroxyl groups is 1. The van der Waals surface area contributed by atoms with E-state index in [2.05, 4.69) is 11.1 Å². The molecule has 0 unspecified atom stereocenters. The van der Waals surface area contributed by atoms with E-state index in [0.717, 1.165) is 10.9 Å². The van der Waals surface area contributed by atoms with Crippen LogP contribution in [0.5, 0.6) is 5.75 Å². The van der Waals surface area contributed by atoms with Crippen molar-refractivity contribution < 1.29 is 5.11 Å². The highest BCUT2D eigenvalue weighted by Crippen LogP contribution is 2.32. The van der Waals surface area contributed by atoms with Crippen molar-refractivity contribution in [3.05, 3.63) is 28.9 Å². The van der Waals surface area contributed by atoms with E-state index in [9.17, 15) is 5.11 Å². The van der Waals surface area contributed by atoms with Gasteiger partial charge in [-0.1, -0.05) is 17.7 Å². The topological polar surface area (TPSA) is 59.8 Å². The van der Waals surface area contributed by atoms with Gasteiger partial charge in [0.05, 0.1) is 23.0 Å². The first kappa shape index (κ1) is 8.92. The standard InChI is InChI=1S/C10H7ClN2O/c11-8-2-1-7-6(3-4-12)5-13-9(7)10(8)14/h1-2,5,13-14H,3H2. The molecule has 4 heteroatoms. The Kier molecular flexibility index (Phi) is 2.06. The number of hydrogen-bond acceptors (Lipinski definition) is 2. The minimum Gasteiger partial charge on any atom is -0.504 e. The average Bonchev–Trinajstić information content (AvgIpc) is 2.57. The highest BCUT2D eigenvalue weighted by Gasteiger charge is 2.09. The highest BCUT2D eigenvalue weighted by molar-refractivity contribution is 6.33. The van der Waals surface area contributed by atoms with Gasteiger partial charge in [-0.15, -0.1) is 0 Å². The number of phenols is 1. The van der Waals surface area contributed by atoms with Gasteiger partial charge in [0.25, 0.3) is 0 Å². The van der Waals surface area contributed by atoms with Crippen LogP contribution < -0.4 is 0 Å². The lowest BCUT2D eigenvalue weighted by Gasteiger charge is -1.98. The Morgan fingerprint density at radius 3 is 3.00 bits per heavy atom. The minimum atomic E-state index is 0.0355. The molecule has 0 amide bonds. The van der Waals surface area contributed by atoms with Gasteiger partial charge in [-0.3, -0.25) is 0 Å². The summed E-state index contributed by atoms with van der Waals surface area (Å²) in [6, 6.07) is 5.47. The summed E-state index contributed by atoms with van der Waals surface area (Å²) < 4.78 is 0. The maximum atomic E-state index is 9.59. The monoisotopic (exact) mass is 206 g/mol. The molecular formula is C10H7ClN2O. The average molecular weight is 207 g/mol. The van der Waals surface area contributed by atoms with Gasteiger partial charge in [-0.2, -0.15) is 5.26 Å². The molecule has 2 aromatic rings. The first-order chi connectivity index (χ1) is 6.74. The summed E-state index contributed by atoms with van der Waals surface area (Å²) in [6.07, 6.45) is 2.03. The number of halogens is 1. The van der Waals surface area contributed by atoms with Crippen molar-refractivity contribution >= 4 is 22.5 Å². The van der Waals surface area contributed by atoms with Gasteiger partial charge in [0.15, 0.2) is 5.75 Å². The van der Waals surface area contributed by atoms with Crippen LogP contribution >= 0.6 is 11.6 Å². The van der Waals surface area contributed by atoms with E-state index in [1.165, 1.54) is 0 Å². The van der Waals surface area contributed by atoms with Crippen LogP contribution in [0.4, 0.5) is 0 Å². The van der Waals surface area contributed by atoms with Gasteiger partial charge < -0.3 is 10.1 Å². The van der Waals surface area contributed by atoms with Gasteiger partial charge in [0, 0.05) is 11.6 Å². The number of nitriles is 1. The fourth-order valence-corrected chi connectivity index (χ4v) is 1.61. The second-order valence-corrected chi connectivity index (χ2v) is 3.37. The van der Waals surface area contributed by atoms with Crippen molar-refractivity contribution in [3.8, 4) is 11.8 Å². The quantitative estimate of drug-likeness (QED) is 0.754. The van der Waals surface area contributed by atoms with Crippen LogP contribution in [-0.2, 0) is 6.42 Å². The smallest absolute Gasteiger partial charge is 0.158 e. The number of nitrogens with one attached hydrogen (secondary N) is 1. The van der Waals surface area contributed by atoms with E-state index in [1.54, 1.807) is 18.3 Å². The molecule has 0 bridgehead atoms. The predicted octanol–water partition coefficient (Wildman–Crippen LogP) is 2.59. The third kappa shape index (κ3) is 1.21. The Morgan fingerprint density at radius 2 is 2.29 bits per heavy atom. The minimum absolute atomic E-state index is 0.0355. The van der Waals surface area contributed by atoms with Gasteiger partial charge in [0.2, 0.25) is 0 Å². The van der Waals surface area contributed by atoms with E-state index in [1.807, 2.05) is 0 Å². The molecule has 0 spiro atoms. The summed E-state index contributed by atoms with van der Waals surface area (Å²) in [5.41, 5.74) is 1.46. The lowest BCUT2D eigenvalue weighted by molar-refractivity contribution is 0.481. The normalized spacial score (nSPS) is 10.3. The fourth-order valence-electron chi connectivity index (χ4n) is 1.45. The number of hydrogen-bond donors (Lipinski definition) is 2. The predicted molar refractivity (Wildman–Crippen MR) is 54.3 cm³/mol. The molecule has 0 aliphatic rings. The van der Waals surface area contributed by atoms with Gasteiger partial charge in [-0.25, -0.2) is 0 Å². The SMILES string of the molecule is N#CCc1c[nH]c2c(O)c(Cl)ccc12. The zero-order valence-electron chi connectivity index (χ0n) is 7.21. The van der Waals surface area contributed by atoms with Crippen LogP contribution in [0, 0.1) is 11.3 Å². The number of phenolic OH excluding ortho intramolecular Hbond substituents is 1. The second-order valence-electron chi connectivity index (χ2n) is 2.97. The molecule has 1 aromatic carbocycles. The molecule has 1 heterocycles. The molecule has 2 rings (SSSR count). The van der Waals surface area contributed by atoms with Gasteiger partial charge in [0.1, 0.15) is 0 Å². The first-order valence-corrected chi connectivity index (χ1v) is 4.46. The summed E-state index contributed by atoms with van der Waals surface area (Å²) in [5, 5.41) is 19.3. The molecule has 0 saturated carbocycles. The molecule has 0 radical (unpaired) electrons. The third-order valence-electron chi connectivity index (χ3n) is 2.13. The number of H-pyrrole nitrogens is 1. The van der Waals surface area contributed by atoms with Crippen molar-refractivity contribution in [1.82, 2.24) is 4.98 Å². The van der Waals surface area contributed by atoms with E-state index in [4.69, 9.17) is 16.9 Å². The maximum Gasteiger partial charge on any atom is 0.158 e. The summed E-state index contributed by atoms with van der Waals surface area (Å²) in [5.74, 6) is 0.0355. The number of aromatic nitrogens is 1. The van der Waals surface area contributed by atoms with Crippen molar-refractivity contribution in [2.75, 3.05) is 0 Å². The van der Waals surface area contributed by atoms with Gasteiger partial charge in [-0.05, 0) is 11.6 Å². The van der Waals surface area contributed by atoms with E-state index in [-0.39, 0.29) is 5.75 Å². The molecule has 70 valence electrons. The highest BCUT2D eigenvalue weighted by atomic mass is 35.5. The first-order valence-electron chi connectivity index (χ1n) is 4.08. The summed E-state index contributed by atoms with van der Waals surface area (Å²) in [7, 11) is 0. The molecule has 0 atom stereocenters. The Hall–Kier alpha value is -1.66. The summed E-state index contributed by atoms with van der Waals surface area (Å²) >= 11 is 5.74. The second kappa shape index (κ2) is 3.24. The number of aromatic amines is 1. The Labute approximate surface area is 85.5 Å². The molecule has 0 fully saturated rings. The van der Waals surface area contributed by atoms with Crippen LogP contribution in [-0.4, -0.2) is 10.1 Å². The van der Waals surface area contributed by atoms with Crippen molar-refractivity contribution in [1.29, 1.82) is 5.26 Å². The largest absolute Gasteiger partial charge is 0.504 e. The van der Waals surface area contributed by atoms with E-state index >= 15 is 0 Å². The van der Waals surface area contributed by atoms with Crippen LogP contribution in [0.1, 0.15) is 5.56 Å². The van der Waals surface area contributed by atoms with Crippen molar-refractivity contribution in [2.24, 2.45) is 0 Å². The Bertz CT molecular complexity index is 525. The molecule has 0 aliphatic carbocycles. The van der Waals surface area contributed by atoms with Crippen LogP contribution in [0.15, 0.2) is 18.3 Å². The lowest BCUT2D eigenvalue weighted by atomic mass is 10.1. The number of fused-ring (bicyclic) bond motifs is 1. The molecule has 2 N–H and O–H groups in total. The number of rotatable bonds is 1. The van der Waals surface area contributed by atoms with E-state index in [0.29, 0.717) is 17.0 Å². The number of benzene rings is 1. The Morgan fingerprint density at radius 1 is 1.50 bits per heavy atom. The summed E-state index contributed by atoms with van der Waals surface area (Å²) in [6.45, 7) is 0. The molecule has 1 aromatic heterocycles. The lowest BCUT2D eigenvalue weighted by Crippen LogP contribution is -1.77. The Balaban J connectivity index is 2.72. The fraction of sp³-hybridized carbons (Fsp3) is 0.100. The zero-order chi connectivity index (χ0) is 10.1. The molecule has 0 aliphatic heterocycles. The third-order valence-corrected chi connectivity index (χ3v) is 2.44. The summed E-state index contributed by atoms with van der Waals surface area (Å²) in [4.78, 5) is 2.90. The van der Waals surface area contributed by atoms with Crippen molar-refractivity contribution in [2.45, 2.75) is 6.42 Å². The van der Waals surface area contributed by atoms with Gasteiger partial charge >= 0.3 is 0 Å². The maximum absolute atomic E-state index is 9.59. The number of nitrogens with zero attached hydrogens (tertiary/aromatic N) is 1. The van der Waals surface area contributed by atoms with Crippen LogP contribution in [0.3, 0.4) is 0 Å². The van der Waals surface area contributed by atoms with E-state index < -0.39 is 0 Å². The zero-order valence-corrected chi connectivity index (χ0v) is 7.97. The molecule has 14 heavy (non-hydrogen) atoms.